The summed E-state index contributed by atoms with van der Waals surface area (Å²) in [5.74, 6) is 2.86. The molecule has 2 aliphatic rings. The van der Waals surface area contributed by atoms with Crippen molar-refractivity contribution in [2.45, 2.75) is 42.8 Å². The van der Waals surface area contributed by atoms with Crippen LogP contribution in [0, 0.1) is 11.8 Å². The predicted molar refractivity (Wildman–Crippen MR) is 72.0 cm³/mol. The molecule has 1 aromatic rings. The Balaban J connectivity index is 1.63. The summed E-state index contributed by atoms with van der Waals surface area (Å²) in [6.45, 7) is 0. The van der Waals surface area contributed by atoms with E-state index in [1.807, 2.05) is 0 Å². The van der Waals surface area contributed by atoms with Crippen LogP contribution in [0.5, 0.6) is 0 Å². The van der Waals surface area contributed by atoms with Gasteiger partial charge >= 0.3 is 0 Å². The second-order valence-electron chi connectivity index (χ2n) is 5.44. The van der Waals surface area contributed by atoms with Crippen LogP contribution in [0.15, 0.2) is 30.3 Å². The molecule has 2 fully saturated rings. The smallest absolute Gasteiger partial charge is 0.0148 e. The first-order valence-electron chi connectivity index (χ1n) is 6.53. The van der Waals surface area contributed by atoms with Crippen LogP contribution in [0.1, 0.15) is 43.6 Å². The molecule has 0 saturated heterocycles. The highest BCUT2D eigenvalue weighted by Gasteiger charge is 2.44. The lowest BCUT2D eigenvalue weighted by molar-refractivity contribution is 0.327. The molecule has 4 unspecified atom stereocenters. The largest absolute Gasteiger partial charge is 0.0891 e. The first-order chi connectivity index (χ1) is 7.84. The zero-order chi connectivity index (χ0) is 11.0. The Kier molecular flexibility index (Phi) is 3.06. The van der Waals surface area contributed by atoms with E-state index in [-0.39, 0.29) is 0 Å². The van der Waals surface area contributed by atoms with Crippen LogP contribution >= 0.6 is 15.9 Å². The maximum atomic E-state index is 3.80. The van der Waals surface area contributed by atoms with Crippen molar-refractivity contribution in [2.75, 3.05) is 0 Å². The summed E-state index contributed by atoms with van der Waals surface area (Å²) < 4.78 is 0. The fourth-order valence-corrected chi connectivity index (χ4v) is 4.18. The monoisotopic (exact) mass is 278 g/mol. The fourth-order valence-electron chi connectivity index (χ4n) is 3.37. The molecule has 3 rings (SSSR count). The first-order valence-corrected chi connectivity index (χ1v) is 7.45. The Morgan fingerprint density at radius 1 is 1.00 bits per heavy atom. The summed E-state index contributed by atoms with van der Waals surface area (Å²) >= 11 is 3.80. The number of rotatable bonds is 2. The van der Waals surface area contributed by atoms with Crippen LogP contribution in [0.4, 0.5) is 0 Å². The summed E-state index contributed by atoms with van der Waals surface area (Å²) in [6, 6.07) is 11.1. The van der Waals surface area contributed by atoms with E-state index in [1.54, 1.807) is 5.56 Å². The summed E-state index contributed by atoms with van der Waals surface area (Å²) in [7, 11) is 0. The van der Waals surface area contributed by atoms with Gasteiger partial charge in [0.1, 0.15) is 0 Å². The normalized spacial score (nSPS) is 38.3. The van der Waals surface area contributed by atoms with Crippen molar-refractivity contribution in [2.24, 2.45) is 11.8 Å². The van der Waals surface area contributed by atoms with E-state index in [0.717, 1.165) is 22.6 Å². The zero-order valence-electron chi connectivity index (χ0n) is 9.61. The quantitative estimate of drug-likeness (QED) is 0.686. The van der Waals surface area contributed by atoms with Gasteiger partial charge in [0.2, 0.25) is 0 Å². The molecule has 2 saturated carbocycles. The van der Waals surface area contributed by atoms with Gasteiger partial charge in [0.15, 0.2) is 0 Å². The Morgan fingerprint density at radius 3 is 2.56 bits per heavy atom. The highest BCUT2D eigenvalue weighted by atomic mass is 79.9. The predicted octanol–water partition coefficient (Wildman–Crippen LogP) is 4.74. The maximum Gasteiger partial charge on any atom is 0.0148 e. The van der Waals surface area contributed by atoms with Gasteiger partial charge in [-0.2, -0.15) is 0 Å². The molecule has 0 N–H and O–H groups in total. The maximum absolute atomic E-state index is 3.80. The van der Waals surface area contributed by atoms with Crippen LogP contribution in [0.25, 0.3) is 0 Å². The second kappa shape index (κ2) is 4.52. The molecule has 16 heavy (non-hydrogen) atoms. The second-order valence-corrected chi connectivity index (χ2v) is 6.74. The van der Waals surface area contributed by atoms with Gasteiger partial charge in [-0.15, -0.1) is 0 Å². The van der Waals surface area contributed by atoms with Crippen LogP contribution in [-0.2, 0) is 0 Å². The minimum absolute atomic E-state index is 0.795. The van der Waals surface area contributed by atoms with E-state index in [4.69, 9.17) is 0 Å². The molecule has 0 aliphatic heterocycles. The molecule has 86 valence electrons. The van der Waals surface area contributed by atoms with Gasteiger partial charge in [-0.25, -0.2) is 0 Å². The number of alkyl halides is 1. The molecule has 0 radical (unpaired) electrons. The molecule has 1 aromatic carbocycles. The van der Waals surface area contributed by atoms with Crippen molar-refractivity contribution in [1.82, 2.24) is 0 Å². The van der Waals surface area contributed by atoms with Gasteiger partial charge in [0, 0.05) is 4.83 Å². The van der Waals surface area contributed by atoms with Crippen LogP contribution in [0.3, 0.4) is 0 Å². The van der Waals surface area contributed by atoms with Crippen LogP contribution < -0.4 is 0 Å². The van der Waals surface area contributed by atoms with Gasteiger partial charge in [0.05, 0.1) is 0 Å². The lowest BCUT2D eigenvalue weighted by Crippen LogP contribution is -2.17. The summed E-state index contributed by atoms with van der Waals surface area (Å²) in [6.07, 6.45) is 7.14. The standard InChI is InChI=1S/C15H19Br/c16-13-8-4-7-12(9-13)15-10-14(15)11-5-2-1-3-6-11/h1-3,5-6,12-15H,4,7-10H2. The number of halogens is 1. The first kappa shape index (κ1) is 10.8. The average molecular weight is 279 g/mol. The van der Waals surface area contributed by atoms with Gasteiger partial charge < -0.3 is 0 Å². The molecule has 0 aromatic heterocycles. The zero-order valence-corrected chi connectivity index (χ0v) is 11.2. The van der Waals surface area contributed by atoms with Gasteiger partial charge in [-0.3, -0.25) is 0 Å². The van der Waals surface area contributed by atoms with Gasteiger partial charge in [0.25, 0.3) is 0 Å². The third-order valence-corrected chi connectivity index (χ3v) is 5.16. The molecule has 0 nitrogen and oxygen atoms in total. The highest BCUT2D eigenvalue weighted by Crippen LogP contribution is 2.55. The van der Waals surface area contributed by atoms with Crippen molar-refractivity contribution in [1.29, 1.82) is 0 Å². The third-order valence-electron chi connectivity index (χ3n) is 4.32. The number of hydrogen-bond acceptors (Lipinski definition) is 0. The molecular weight excluding hydrogens is 260 g/mol. The van der Waals surface area contributed by atoms with E-state index in [2.05, 4.69) is 46.3 Å². The van der Waals surface area contributed by atoms with Crippen molar-refractivity contribution >= 4 is 15.9 Å². The molecule has 0 amide bonds. The minimum Gasteiger partial charge on any atom is -0.0891 e. The summed E-state index contributed by atoms with van der Waals surface area (Å²) in [4.78, 5) is 0.795. The molecule has 2 aliphatic carbocycles. The Bertz CT molecular complexity index is 346. The molecule has 0 bridgehead atoms. The van der Waals surface area contributed by atoms with Crippen LogP contribution in [-0.4, -0.2) is 4.83 Å². The Labute approximate surface area is 107 Å². The topological polar surface area (TPSA) is 0 Å². The van der Waals surface area contributed by atoms with E-state index in [9.17, 15) is 0 Å². The molecule has 4 atom stereocenters. The fraction of sp³-hybridized carbons (Fsp3) is 0.600. The number of benzene rings is 1. The Morgan fingerprint density at radius 2 is 1.81 bits per heavy atom. The third kappa shape index (κ3) is 2.20. The van der Waals surface area contributed by atoms with E-state index in [0.29, 0.717) is 0 Å². The molecule has 1 heteroatoms. The van der Waals surface area contributed by atoms with E-state index < -0.39 is 0 Å². The molecule has 0 spiro atoms. The van der Waals surface area contributed by atoms with Gasteiger partial charge in [-0.1, -0.05) is 59.1 Å². The number of hydrogen-bond donors (Lipinski definition) is 0. The van der Waals surface area contributed by atoms with Crippen LogP contribution in [0.2, 0.25) is 0 Å². The van der Waals surface area contributed by atoms with Crippen molar-refractivity contribution in [3.8, 4) is 0 Å². The SMILES string of the molecule is BrC1CCCC(C2CC2c2ccccc2)C1. The Hall–Kier alpha value is -0.300. The van der Waals surface area contributed by atoms with Crippen molar-refractivity contribution in [3.05, 3.63) is 35.9 Å². The van der Waals surface area contributed by atoms with Gasteiger partial charge in [-0.05, 0) is 42.6 Å². The van der Waals surface area contributed by atoms with Crippen molar-refractivity contribution < 1.29 is 0 Å². The summed E-state index contributed by atoms with van der Waals surface area (Å²) in [5, 5.41) is 0. The minimum atomic E-state index is 0.795. The van der Waals surface area contributed by atoms with Crippen molar-refractivity contribution in [3.63, 3.8) is 0 Å². The average Bonchev–Trinajstić information content (AvgIpc) is 3.10. The highest BCUT2D eigenvalue weighted by molar-refractivity contribution is 9.09. The molecular formula is C15H19Br. The molecule has 0 heterocycles. The lowest BCUT2D eigenvalue weighted by Gasteiger charge is -2.26. The van der Waals surface area contributed by atoms with E-state index in [1.165, 1.54) is 32.1 Å². The summed E-state index contributed by atoms with van der Waals surface area (Å²) in [5.41, 5.74) is 1.57. The lowest BCUT2D eigenvalue weighted by atomic mass is 9.84. The van der Waals surface area contributed by atoms with E-state index >= 15 is 0 Å².